The van der Waals surface area contributed by atoms with Crippen molar-refractivity contribution in [1.82, 2.24) is 9.62 Å². The first-order valence-electron chi connectivity index (χ1n) is 14.2. The van der Waals surface area contributed by atoms with E-state index in [1.807, 2.05) is 6.07 Å². The van der Waals surface area contributed by atoms with E-state index in [9.17, 15) is 31.5 Å². The largest absolute Gasteiger partial charge is 0.493 e. The number of halogens is 3. The summed E-state index contributed by atoms with van der Waals surface area (Å²) >= 11 is 0. The Hall–Kier alpha value is -3.81. The van der Waals surface area contributed by atoms with Gasteiger partial charge in [-0.05, 0) is 67.7 Å². The molecule has 3 heterocycles. The smallest absolute Gasteiger partial charge is 0.416 e. The monoisotopic (exact) mass is 630 g/mol. The van der Waals surface area contributed by atoms with Gasteiger partial charge in [0, 0.05) is 23.7 Å². The van der Waals surface area contributed by atoms with Crippen LogP contribution >= 0.6 is 0 Å². The lowest BCUT2D eigenvalue weighted by Crippen LogP contribution is -2.78. The Kier molecular flexibility index (Phi) is 6.47. The Bertz CT molecular complexity index is 1770. The Balaban J connectivity index is 1.29. The fourth-order valence-corrected chi connectivity index (χ4v) is 9.55. The zero-order valence-electron chi connectivity index (χ0n) is 23.5. The number of ether oxygens (including phenoxy) is 2. The number of carbonyl (C=O) groups is 1. The van der Waals surface area contributed by atoms with Crippen molar-refractivity contribution in [3.63, 3.8) is 0 Å². The van der Waals surface area contributed by atoms with Gasteiger partial charge in [0.05, 0.1) is 53.2 Å². The number of sulfonamides is 1. The molecule has 13 heteroatoms. The van der Waals surface area contributed by atoms with Crippen molar-refractivity contribution in [3.05, 3.63) is 83.3 Å². The molecule has 1 amide bonds. The number of carbonyl (C=O) groups excluding carboxylic acids is 1. The third-order valence-corrected chi connectivity index (χ3v) is 11.6. The van der Waals surface area contributed by atoms with Gasteiger partial charge in [0.15, 0.2) is 11.5 Å². The van der Waals surface area contributed by atoms with Crippen LogP contribution in [0.1, 0.15) is 41.5 Å². The number of benzene rings is 2. The molecule has 5 atom stereocenters. The van der Waals surface area contributed by atoms with Gasteiger partial charge in [0.2, 0.25) is 15.9 Å². The van der Waals surface area contributed by atoms with Gasteiger partial charge >= 0.3 is 6.18 Å². The summed E-state index contributed by atoms with van der Waals surface area (Å²) in [6, 6.07) is 7.39. The van der Waals surface area contributed by atoms with Crippen LogP contribution < -0.4 is 14.8 Å². The van der Waals surface area contributed by atoms with E-state index < -0.39 is 55.9 Å². The van der Waals surface area contributed by atoms with Gasteiger partial charge in [0.1, 0.15) is 6.10 Å². The molecular formula is C31H29F3N2O7S. The second-order valence-corrected chi connectivity index (χ2v) is 13.6. The van der Waals surface area contributed by atoms with E-state index in [0.29, 0.717) is 23.1 Å². The maximum Gasteiger partial charge on any atom is 0.416 e. The van der Waals surface area contributed by atoms with E-state index >= 15 is 0 Å². The van der Waals surface area contributed by atoms with Gasteiger partial charge < -0.3 is 24.3 Å². The van der Waals surface area contributed by atoms with Crippen molar-refractivity contribution >= 4 is 22.0 Å². The summed E-state index contributed by atoms with van der Waals surface area (Å²) in [5.41, 5.74) is -1.60. The summed E-state index contributed by atoms with van der Waals surface area (Å²) in [6.07, 6.45) is 1.15. The fourth-order valence-electron chi connectivity index (χ4n) is 7.83. The molecule has 9 nitrogen and oxygen atoms in total. The summed E-state index contributed by atoms with van der Waals surface area (Å²) in [6.45, 7) is -0.0669. The van der Waals surface area contributed by atoms with Crippen LogP contribution in [0.15, 0.2) is 70.4 Å². The van der Waals surface area contributed by atoms with Crippen LogP contribution in [0.2, 0.25) is 0 Å². The minimum Gasteiger partial charge on any atom is -0.493 e. The van der Waals surface area contributed by atoms with E-state index in [2.05, 4.69) is 5.32 Å². The molecule has 44 heavy (non-hydrogen) atoms. The number of rotatable bonds is 6. The standard InChI is InChI=1S/C31H29F3N2O7S/c1-41-23-7-6-19-15-24-30(38)11-9-22(35-25(37)8-5-18-10-14-42-17-18)28-29(30,26(19)27(23)43-28)12-13-36(24)44(39,40)21-4-2-3-20(16-21)31(32,33)34/h2-8,10,14,16-17,22,24,28,38H,9,11-13,15H2,1H3,(H,35,37)/b8-5+/t22-,24-,28+,29+,30-/m0/s1. The molecule has 4 aliphatic rings. The highest BCUT2D eigenvalue weighted by molar-refractivity contribution is 7.89. The summed E-state index contributed by atoms with van der Waals surface area (Å²) < 4.78 is 86.8. The third-order valence-electron chi connectivity index (χ3n) is 9.68. The molecular weight excluding hydrogens is 601 g/mol. The molecule has 3 aromatic rings. The quantitative estimate of drug-likeness (QED) is 0.395. The van der Waals surface area contributed by atoms with Gasteiger partial charge in [-0.25, -0.2) is 8.42 Å². The van der Waals surface area contributed by atoms with Crippen molar-refractivity contribution < 1.29 is 45.4 Å². The Morgan fingerprint density at radius 2 is 2.02 bits per heavy atom. The number of hydrogen-bond acceptors (Lipinski definition) is 7. The van der Waals surface area contributed by atoms with Crippen LogP contribution in [0.3, 0.4) is 0 Å². The SMILES string of the molecule is COc1ccc2c3c1O[C@@H]1[C@@H](NC(=O)/C=C/c4ccoc4)CC[C@]4(O)[C@H](C2)N(S(=O)(=O)c2cccc(C(F)(F)F)c2)CC[C@@]314. The van der Waals surface area contributed by atoms with E-state index in [1.54, 1.807) is 18.2 Å². The van der Waals surface area contributed by atoms with Gasteiger partial charge in [-0.2, -0.15) is 17.5 Å². The average molecular weight is 631 g/mol. The van der Waals surface area contributed by atoms with Gasteiger partial charge in [-0.3, -0.25) is 4.79 Å². The molecule has 0 radical (unpaired) electrons. The number of methoxy groups -OCH3 is 1. The first kappa shape index (κ1) is 28.9. The number of alkyl halides is 3. The van der Waals surface area contributed by atoms with Crippen LogP contribution in [0, 0.1) is 0 Å². The lowest BCUT2D eigenvalue weighted by Gasteiger charge is -2.63. The number of nitrogens with one attached hydrogen (secondary N) is 1. The molecule has 2 aliphatic heterocycles. The highest BCUT2D eigenvalue weighted by Gasteiger charge is 2.74. The average Bonchev–Trinajstić information content (AvgIpc) is 3.63. The topological polar surface area (TPSA) is 118 Å². The van der Waals surface area contributed by atoms with E-state index in [4.69, 9.17) is 13.9 Å². The van der Waals surface area contributed by atoms with Crippen molar-refractivity contribution in [2.24, 2.45) is 0 Å². The number of amides is 1. The number of aliphatic hydroxyl groups is 1. The lowest BCUT2D eigenvalue weighted by molar-refractivity contribution is -0.177. The van der Waals surface area contributed by atoms with Crippen LogP contribution in [-0.4, -0.2) is 61.2 Å². The molecule has 0 unspecified atom stereocenters. The van der Waals surface area contributed by atoms with E-state index in [1.165, 1.54) is 25.7 Å². The first-order valence-corrected chi connectivity index (χ1v) is 15.6. The Morgan fingerprint density at radius 3 is 2.75 bits per heavy atom. The minimum atomic E-state index is -4.72. The second-order valence-electron chi connectivity index (χ2n) is 11.7. The molecule has 2 aromatic carbocycles. The molecule has 1 saturated heterocycles. The molecule has 2 fully saturated rings. The number of nitrogens with zero attached hydrogens (tertiary/aromatic N) is 1. The highest BCUT2D eigenvalue weighted by Crippen LogP contribution is 2.66. The molecule has 2 aliphatic carbocycles. The normalized spacial score (nSPS) is 29.2. The molecule has 1 saturated carbocycles. The molecule has 1 aromatic heterocycles. The third kappa shape index (κ3) is 4.05. The summed E-state index contributed by atoms with van der Waals surface area (Å²) in [7, 11) is -2.94. The van der Waals surface area contributed by atoms with Crippen molar-refractivity contribution in [2.45, 2.75) is 66.0 Å². The molecule has 2 bridgehead atoms. The zero-order chi connectivity index (χ0) is 31.1. The fraction of sp³-hybridized carbons (Fsp3) is 0.387. The Labute approximate surface area is 251 Å². The predicted molar refractivity (Wildman–Crippen MR) is 150 cm³/mol. The van der Waals surface area contributed by atoms with Gasteiger partial charge in [-0.1, -0.05) is 12.1 Å². The van der Waals surface area contributed by atoms with Crippen LogP contribution in [0.5, 0.6) is 11.5 Å². The maximum atomic E-state index is 14.0. The predicted octanol–water partition coefficient (Wildman–Crippen LogP) is 4.05. The highest BCUT2D eigenvalue weighted by atomic mass is 32.2. The first-order chi connectivity index (χ1) is 20.9. The van der Waals surface area contributed by atoms with Crippen LogP contribution in [0.25, 0.3) is 6.08 Å². The number of hydrogen-bond donors (Lipinski definition) is 2. The molecule has 7 rings (SSSR count). The van der Waals surface area contributed by atoms with Gasteiger partial charge in [-0.15, -0.1) is 0 Å². The minimum absolute atomic E-state index is 0.0669. The maximum absolute atomic E-state index is 14.0. The van der Waals surface area contributed by atoms with Crippen molar-refractivity contribution in [3.8, 4) is 11.5 Å². The summed E-state index contributed by atoms with van der Waals surface area (Å²) in [5, 5.41) is 15.7. The summed E-state index contributed by atoms with van der Waals surface area (Å²) in [4.78, 5) is 12.5. The van der Waals surface area contributed by atoms with Crippen LogP contribution in [-0.2, 0) is 32.8 Å². The lowest BCUT2D eigenvalue weighted by atomic mass is 9.48. The number of piperidine rings is 1. The van der Waals surface area contributed by atoms with E-state index in [0.717, 1.165) is 33.6 Å². The van der Waals surface area contributed by atoms with Crippen LogP contribution in [0.4, 0.5) is 13.2 Å². The summed E-state index contributed by atoms with van der Waals surface area (Å²) in [5.74, 6) is 0.537. The molecule has 232 valence electrons. The second kappa shape index (κ2) is 9.85. The van der Waals surface area contributed by atoms with E-state index in [-0.39, 0.29) is 38.1 Å². The Morgan fingerprint density at radius 1 is 1.20 bits per heavy atom. The van der Waals surface area contributed by atoms with Crippen molar-refractivity contribution in [1.29, 1.82) is 0 Å². The molecule has 1 spiro atoms. The van der Waals surface area contributed by atoms with Gasteiger partial charge in [0.25, 0.3) is 0 Å². The molecule has 2 N–H and O–H groups in total. The number of furan rings is 1. The van der Waals surface area contributed by atoms with Crippen molar-refractivity contribution in [2.75, 3.05) is 13.7 Å². The zero-order valence-corrected chi connectivity index (χ0v) is 24.3.